The summed E-state index contributed by atoms with van der Waals surface area (Å²) in [5, 5.41) is 19.9. The molecule has 0 spiro atoms. The zero-order chi connectivity index (χ0) is 11.3. The van der Waals surface area contributed by atoms with Crippen molar-refractivity contribution >= 4 is 11.8 Å². The Labute approximate surface area is 105 Å². The fourth-order valence-electron chi connectivity index (χ4n) is 1.04. The predicted octanol–water partition coefficient (Wildman–Crippen LogP) is -1.73. The molecule has 0 radical (unpaired) electrons. The van der Waals surface area contributed by atoms with E-state index in [0.29, 0.717) is 5.25 Å². The first-order chi connectivity index (χ1) is 7.08. The Balaban J connectivity index is 2.57. The van der Waals surface area contributed by atoms with E-state index in [1.54, 1.807) is 0 Å². The Kier molecular flexibility index (Phi) is 5.91. The van der Waals surface area contributed by atoms with Crippen LogP contribution in [-0.2, 0) is 5.75 Å². The molecular weight excluding hydrogens is 325 g/mol. The van der Waals surface area contributed by atoms with Gasteiger partial charge in [0.2, 0.25) is 0 Å². The van der Waals surface area contributed by atoms with Gasteiger partial charge in [0, 0.05) is 0 Å². The fourth-order valence-corrected chi connectivity index (χ4v) is 3.22. The Morgan fingerprint density at radius 1 is 1.53 bits per heavy atom. The predicted molar refractivity (Wildman–Crippen MR) is 57.7 cm³/mol. The molecule has 3 nitrogen and oxygen atoms in total. The fraction of sp³-hybridized carbons (Fsp3) is 0.400. The molecule has 1 atom stereocenters. The molecule has 1 rings (SSSR count). The molecule has 5 heteroatoms. The number of quaternary nitrogens is 1. The van der Waals surface area contributed by atoms with Crippen LogP contribution in [-0.4, -0.2) is 10.5 Å². The molecule has 0 aromatic heterocycles. The van der Waals surface area contributed by atoms with Crippen LogP contribution in [0, 0.1) is 8.78 Å². The molecular formula is C10H15INO2S-. The number of nitrogens with one attached hydrogen (secondary N) is 1. The Bertz CT molecular complexity index is 307. The molecule has 0 aliphatic heterocycles. The molecule has 0 aliphatic rings. The SMILES string of the molecule is CC(C)SCc1cccc([I-][NH+]([O-])O)c1. The molecule has 1 aromatic rings. The van der Waals surface area contributed by atoms with E-state index in [9.17, 15) is 5.21 Å². The van der Waals surface area contributed by atoms with Crippen LogP contribution >= 0.6 is 11.8 Å². The molecule has 0 bridgehead atoms. The molecule has 0 saturated heterocycles. The van der Waals surface area contributed by atoms with Crippen LogP contribution in [0.2, 0.25) is 0 Å². The number of hydrogen-bond acceptors (Lipinski definition) is 3. The summed E-state index contributed by atoms with van der Waals surface area (Å²) in [5.74, 6) is 0.967. The summed E-state index contributed by atoms with van der Waals surface area (Å²) in [6, 6.07) is 7.94. The van der Waals surface area contributed by atoms with Gasteiger partial charge in [-0.2, -0.15) is 0 Å². The second kappa shape index (κ2) is 6.70. The van der Waals surface area contributed by atoms with E-state index in [0.717, 1.165) is 9.32 Å². The van der Waals surface area contributed by atoms with Gasteiger partial charge in [-0.25, -0.2) is 0 Å². The van der Waals surface area contributed by atoms with Crippen LogP contribution in [0.3, 0.4) is 0 Å². The van der Waals surface area contributed by atoms with Crippen molar-refractivity contribution in [3.8, 4) is 0 Å². The third-order valence-electron chi connectivity index (χ3n) is 1.66. The van der Waals surface area contributed by atoms with Gasteiger partial charge in [0.25, 0.3) is 0 Å². The maximum absolute atomic E-state index is 10.6. The second-order valence-corrected chi connectivity index (χ2v) is 7.61. The van der Waals surface area contributed by atoms with Crippen molar-refractivity contribution in [2.75, 3.05) is 0 Å². The number of benzene rings is 1. The zero-order valence-corrected chi connectivity index (χ0v) is 11.7. The number of thioether (sulfide) groups is 1. The summed E-state index contributed by atoms with van der Waals surface area (Å²) in [6.07, 6.45) is 0. The van der Waals surface area contributed by atoms with Gasteiger partial charge < -0.3 is 0 Å². The average molecular weight is 340 g/mol. The van der Waals surface area contributed by atoms with E-state index >= 15 is 0 Å². The molecule has 0 aliphatic carbocycles. The molecule has 86 valence electrons. The van der Waals surface area contributed by atoms with Gasteiger partial charge in [-0.3, -0.25) is 0 Å². The quantitative estimate of drug-likeness (QED) is 0.381. The average Bonchev–Trinajstić information content (AvgIpc) is 2.14. The van der Waals surface area contributed by atoms with E-state index in [4.69, 9.17) is 5.21 Å². The number of rotatable bonds is 5. The van der Waals surface area contributed by atoms with Crippen LogP contribution < -0.4 is 24.9 Å². The molecule has 0 saturated carbocycles. The zero-order valence-electron chi connectivity index (χ0n) is 8.74. The number of hydrogen-bond donors (Lipinski definition) is 2. The van der Waals surface area contributed by atoms with Crippen LogP contribution in [0.1, 0.15) is 19.4 Å². The van der Waals surface area contributed by atoms with Crippen molar-refractivity contribution in [1.29, 1.82) is 0 Å². The minimum atomic E-state index is -0.869. The second-order valence-electron chi connectivity index (χ2n) is 3.34. The van der Waals surface area contributed by atoms with E-state index in [2.05, 4.69) is 19.9 Å². The first-order valence-corrected chi connectivity index (χ1v) is 7.87. The standard InChI is InChI=1S/C10H15INO2S/c1-8(2)15-7-9-4-3-5-10(6-9)11-12(13)14/h3-6,8,12-13H,7H2,1-2H3/q-1. The Morgan fingerprint density at radius 2 is 2.27 bits per heavy atom. The first kappa shape index (κ1) is 13.2. The van der Waals surface area contributed by atoms with Gasteiger partial charge in [-0.1, -0.05) is 0 Å². The van der Waals surface area contributed by atoms with E-state index in [-0.39, 0.29) is 0 Å². The molecule has 15 heavy (non-hydrogen) atoms. The van der Waals surface area contributed by atoms with Crippen molar-refractivity contribution in [1.82, 2.24) is 0 Å². The number of halogens is 1. The van der Waals surface area contributed by atoms with Crippen molar-refractivity contribution in [3.63, 3.8) is 0 Å². The van der Waals surface area contributed by atoms with Gasteiger partial charge in [0.15, 0.2) is 0 Å². The van der Waals surface area contributed by atoms with E-state index < -0.39 is 24.9 Å². The van der Waals surface area contributed by atoms with Crippen molar-refractivity contribution in [3.05, 3.63) is 38.6 Å². The molecule has 1 aromatic carbocycles. The summed E-state index contributed by atoms with van der Waals surface area (Å²) in [4.78, 5) is 0. The van der Waals surface area contributed by atoms with Crippen LogP contribution in [0.25, 0.3) is 0 Å². The van der Waals surface area contributed by atoms with Gasteiger partial charge >= 0.3 is 105 Å². The summed E-state index contributed by atoms with van der Waals surface area (Å²) < 4.78 is 0.325. The van der Waals surface area contributed by atoms with Gasteiger partial charge in [-0.05, 0) is 0 Å². The molecule has 1 unspecified atom stereocenters. The van der Waals surface area contributed by atoms with Crippen molar-refractivity contribution in [2.24, 2.45) is 0 Å². The summed E-state index contributed by atoms with van der Waals surface area (Å²) >= 11 is 1.01. The molecule has 0 fully saturated rings. The van der Waals surface area contributed by atoms with Gasteiger partial charge in [0.05, 0.1) is 0 Å². The van der Waals surface area contributed by atoms with Crippen LogP contribution in [0.4, 0.5) is 0 Å². The first-order valence-electron chi connectivity index (χ1n) is 4.66. The van der Waals surface area contributed by atoms with E-state index in [1.807, 2.05) is 30.0 Å². The normalized spacial score (nSPS) is 13.4. The minimum absolute atomic E-state index is 0.614. The molecule has 0 amide bonds. The maximum atomic E-state index is 10.6. The summed E-state index contributed by atoms with van der Waals surface area (Å²) in [6.45, 7) is 4.33. The van der Waals surface area contributed by atoms with Gasteiger partial charge in [-0.15, -0.1) is 0 Å². The van der Waals surface area contributed by atoms with Crippen molar-refractivity contribution in [2.45, 2.75) is 24.9 Å². The van der Waals surface area contributed by atoms with Crippen LogP contribution in [0.5, 0.6) is 0 Å². The molecule has 2 N–H and O–H groups in total. The Hall–Kier alpha value is 0.180. The van der Waals surface area contributed by atoms with Crippen molar-refractivity contribution < 1.29 is 30.1 Å². The van der Waals surface area contributed by atoms with Crippen LogP contribution in [0.15, 0.2) is 24.3 Å². The third kappa shape index (κ3) is 5.72. The monoisotopic (exact) mass is 340 g/mol. The Morgan fingerprint density at radius 3 is 2.87 bits per heavy atom. The topological polar surface area (TPSA) is 47.7 Å². The molecule has 0 heterocycles. The summed E-state index contributed by atoms with van der Waals surface area (Å²) in [5.41, 5.74) is 1.23. The third-order valence-corrected chi connectivity index (χ3v) is 4.58. The van der Waals surface area contributed by atoms with Gasteiger partial charge in [0.1, 0.15) is 0 Å². The summed E-state index contributed by atoms with van der Waals surface area (Å²) in [7, 11) is 0. The van der Waals surface area contributed by atoms with E-state index in [1.165, 1.54) is 5.56 Å².